The number of hydrogen-bond donors (Lipinski definition) is 0. The fourth-order valence-electron chi connectivity index (χ4n) is 1.73. The van der Waals surface area contributed by atoms with E-state index in [4.69, 9.17) is 11.6 Å². The van der Waals surface area contributed by atoms with Crippen molar-refractivity contribution in [3.8, 4) is 0 Å². The molecule has 2 aromatic carbocycles. The monoisotopic (exact) mass is 390 g/mol. The number of rotatable bonds is 3. The SMILES string of the molecule is Fc1cc(Br)cc(C(Br)Cc2ccccc2Cl)c1. The molecule has 18 heavy (non-hydrogen) atoms. The molecule has 0 amide bonds. The summed E-state index contributed by atoms with van der Waals surface area (Å²) in [7, 11) is 0. The maximum absolute atomic E-state index is 13.3. The largest absolute Gasteiger partial charge is 0.207 e. The van der Waals surface area contributed by atoms with Gasteiger partial charge in [0.25, 0.3) is 0 Å². The summed E-state index contributed by atoms with van der Waals surface area (Å²) in [6, 6.07) is 12.6. The van der Waals surface area contributed by atoms with Crippen LogP contribution in [0.1, 0.15) is 16.0 Å². The first-order valence-corrected chi connectivity index (χ1v) is 7.48. The van der Waals surface area contributed by atoms with E-state index < -0.39 is 0 Å². The Morgan fingerprint density at radius 2 is 1.89 bits per heavy atom. The lowest BCUT2D eigenvalue weighted by Crippen LogP contribution is -1.97. The van der Waals surface area contributed by atoms with E-state index in [1.807, 2.05) is 30.3 Å². The van der Waals surface area contributed by atoms with E-state index in [1.54, 1.807) is 0 Å². The summed E-state index contributed by atoms with van der Waals surface area (Å²) >= 11 is 13.0. The van der Waals surface area contributed by atoms with Crippen LogP contribution in [-0.2, 0) is 6.42 Å². The Labute approximate surface area is 127 Å². The maximum atomic E-state index is 13.3. The lowest BCUT2D eigenvalue weighted by atomic mass is 10.0. The van der Waals surface area contributed by atoms with E-state index in [1.165, 1.54) is 12.1 Å². The van der Waals surface area contributed by atoms with Crippen molar-refractivity contribution in [2.45, 2.75) is 11.2 Å². The average Bonchev–Trinajstić information content (AvgIpc) is 2.31. The highest BCUT2D eigenvalue weighted by Crippen LogP contribution is 2.31. The van der Waals surface area contributed by atoms with Crippen molar-refractivity contribution in [3.05, 3.63) is 68.9 Å². The number of hydrogen-bond acceptors (Lipinski definition) is 0. The molecule has 0 aliphatic heterocycles. The predicted octanol–water partition coefficient (Wildman–Crippen LogP) is 5.92. The molecule has 0 saturated heterocycles. The van der Waals surface area contributed by atoms with Crippen molar-refractivity contribution < 1.29 is 4.39 Å². The third-order valence-corrected chi connectivity index (χ3v) is 4.28. The molecule has 0 nitrogen and oxygen atoms in total. The molecule has 1 atom stereocenters. The van der Waals surface area contributed by atoms with Crippen LogP contribution < -0.4 is 0 Å². The fourth-order valence-corrected chi connectivity index (χ4v) is 3.04. The van der Waals surface area contributed by atoms with Gasteiger partial charge in [0.05, 0.1) is 0 Å². The molecular weight excluding hydrogens is 382 g/mol. The van der Waals surface area contributed by atoms with Crippen molar-refractivity contribution in [3.63, 3.8) is 0 Å². The van der Waals surface area contributed by atoms with Crippen LogP contribution in [0.2, 0.25) is 5.02 Å². The van der Waals surface area contributed by atoms with Gasteiger partial charge in [-0.3, -0.25) is 0 Å². The Hall–Kier alpha value is -0.380. The van der Waals surface area contributed by atoms with Crippen LogP contribution in [0.15, 0.2) is 46.9 Å². The van der Waals surface area contributed by atoms with Crippen molar-refractivity contribution in [2.24, 2.45) is 0 Å². The van der Waals surface area contributed by atoms with Gasteiger partial charge in [-0.15, -0.1) is 0 Å². The van der Waals surface area contributed by atoms with E-state index in [9.17, 15) is 4.39 Å². The molecular formula is C14H10Br2ClF. The van der Waals surface area contributed by atoms with Crippen molar-refractivity contribution in [2.75, 3.05) is 0 Å². The standard InChI is InChI=1S/C14H10Br2ClF/c15-11-5-10(6-12(18)8-11)13(16)7-9-3-1-2-4-14(9)17/h1-6,8,13H,7H2. The lowest BCUT2D eigenvalue weighted by Gasteiger charge is -2.12. The first kappa shape index (κ1) is 14.0. The zero-order valence-corrected chi connectivity index (χ0v) is 13.3. The van der Waals surface area contributed by atoms with E-state index in [0.717, 1.165) is 27.0 Å². The molecule has 0 bridgehead atoms. The Balaban J connectivity index is 2.22. The third kappa shape index (κ3) is 3.56. The maximum Gasteiger partial charge on any atom is 0.124 e. The first-order chi connectivity index (χ1) is 8.56. The Morgan fingerprint density at radius 3 is 2.56 bits per heavy atom. The summed E-state index contributed by atoms with van der Waals surface area (Å²) in [5, 5.41) is 0.734. The minimum atomic E-state index is -0.247. The molecule has 0 N–H and O–H groups in total. The van der Waals surface area contributed by atoms with Gasteiger partial charge in [-0.1, -0.05) is 61.7 Å². The Morgan fingerprint density at radius 1 is 1.17 bits per heavy atom. The summed E-state index contributed by atoms with van der Waals surface area (Å²) < 4.78 is 14.1. The van der Waals surface area contributed by atoms with Gasteiger partial charge in [-0.05, 0) is 41.8 Å². The molecule has 94 valence electrons. The van der Waals surface area contributed by atoms with Gasteiger partial charge in [0.15, 0.2) is 0 Å². The minimum absolute atomic E-state index is 0.0319. The predicted molar refractivity (Wildman–Crippen MR) is 80.9 cm³/mol. The van der Waals surface area contributed by atoms with Gasteiger partial charge in [-0.2, -0.15) is 0 Å². The highest BCUT2D eigenvalue weighted by molar-refractivity contribution is 9.10. The highest BCUT2D eigenvalue weighted by Gasteiger charge is 2.12. The average molecular weight is 392 g/mol. The van der Waals surface area contributed by atoms with Crippen LogP contribution in [0.5, 0.6) is 0 Å². The summed E-state index contributed by atoms with van der Waals surface area (Å²) in [6.07, 6.45) is 0.718. The third-order valence-electron chi connectivity index (χ3n) is 2.60. The van der Waals surface area contributed by atoms with Gasteiger partial charge in [-0.25, -0.2) is 4.39 Å². The summed E-state index contributed by atoms with van der Waals surface area (Å²) in [5.41, 5.74) is 1.93. The van der Waals surface area contributed by atoms with E-state index in [0.29, 0.717) is 0 Å². The van der Waals surface area contributed by atoms with Crippen LogP contribution >= 0.6 is 43.5 Å². The normalized spacial score (nSPS) is 12.4. The summed E-state index contributed by atoms with van der Waals surface area (Å²) in [4.78, 5) is 0.0319. The second kappa shape index (κ2) is 6.18. The van der Waals surface area contributed by atoms with E-state index in [2.05, 4.69) is 31.9 Å². The van der Waals surface area contributed by atoms with Crippen LogP contribution in [0.3, 0.4) is 0 Å². The molecule has 0 aliphatic carbocycles. The number of halogens is 4. The van der Waals surface area contributed by atoms with Crippen molar-refractivity contribution >= 4 is 43.5 Å². The molecule has 2 aromatic rings. The fraction of sp³-hybridized carbons (Fsp3) is 0.143. The minimum Gasteiger partial charge on any atom is -0.207 e. The molecule has 1 unspecified atom stereocenters. The van der Waals surface area contributed by atoms with Crippen LogP contribution in [0.4, 0.5) is 4.39 Å². The lowest BCUT2D eigenvalue weighted by molar-refractivity contribution is 0.624. The summed E-state index contributed by atoms with van der Waals surface area (Å²) in [5.74, 6) is -0.247. The second-order valence-electron chi connectivity index (χ2n) is 3.97. The van der Waals surface area contributed by atoms with Crippen LogP contribution in [0.25, 0.3) is 0 Å². The van der Waals surface area contributed by atoms with E-state index in [-0.39, 0.29) is 10.6 Å². The van der Waals surface area contributed by atoms with Gasteiger partial charge >= 0.3 is 0 Å². The molecule has 4 heteroatoms. The molecule has 0 aromatic heterocycles. The topological polar surface area (TPSA) is 0 Å². The Bertz CT molecular complexity index is 537. The highest BCUT2D eigenvalue weighted by atomic mass is 79.9. The van der Waals surface area contributed by atoms with Crippen molar-refractivity contribution in [1.29, 1.82) is 0 Å². The first-order valence-electron chi connectivity index (χ1n) is 5.40. The molecule has 0 aliphatic rings. The van der Waals surface area contributed by atoms with Crippen molar-refractivity contribution in [1.82, 2.24) is 0 Å². The molecule has 0 fully saturated rings. The molecule has 0 heterocycles. The zero-order valence-electron chi connectivity index (χ0n) is 9.34. The number of alkyl halides is 1. The smallest absolute Gasteiger partial charge is 0.124 e. The second-order valence-corrected chi connectivity index (χ2v) is 6.39. The molecule has 0 radical (unpaired) electrons. The summed E-state index contributed by atoms with van der Waals surface area (Å²) in [6.45, 7) is 0. The van der Waals surface area contributed by atoms with E-state index >= 15 is 0 Å². The van der Waals surface area contributed by atoms with Gasteiger partial charge in [0.2, 0.25) is 0 Å². The van der Waals surface area contributed by atoms with Crippen LogP contribution in [0, 0.1) is 5.82 Å². The van der Waals surface area contributed by atoms with Crippen LogP contribution in [-0.4, -0.2) is 0 Å². The molecule has 2 rings (SSSR count). The molecule has 0 saturated carbocycles. The Kier molecular flexibility index (Phi) is 4.82. The molecule has 0 spiro atoms. The quantitative estimate of drug-likeness (QED) is 0.569. The van der Waals surface area contributed by atoms with Gasteiger partial charge in [0.1, 0.15) is 5.82 Å². The number of benzene rings is 2. The zero-order chi connectivity index (χ0) is 13.1. The van der Waals surface area contributed by atoms with Gasteiger partial charge < -0.3 is 0 Å². The van der Waals surface area contributed by atoms with Gasteiger partial charge in [0, 0.05) is 14.3 Å².